The standard InChI is InChI=1S/C24H26N4O.ClH/c1-17-7-11-21(12-8-17)28-16-22(23(26-28)18-5-3-2-4-6-18)24(29)27-14-13-19-9-10-20(15-27)25-19;/h2-8,11-12,16,19-20,25H,9-10,13-15H2,1H3;1H. The number of fused-ring (bicyclic) bond motifs is 2. The smallest absolute Gasteiger partial charge is 0.257 e. The summed E-state index contributed by atoms with van der Waals surface area (Å²) in [7, 11) is 0. The summed E-state index contributed by atoms with van der Waals surface area (Å²) in [6.07, 6.45) is 5.30. The monoisotopic (exact) mass is 422 g/mol. The van der Waals surface area contributed by atoms with E-state index in [0.717, 1.165) is 42.9 Å². The van der Waals surface area contributed by atoms with Gasteiger partial charge in [0.1, 0.15) is 5.69 Å². The predicted octanol–water partition coefficient (Wildman–Crippen LogP) is 4.24. The first-order valence-electron chi connectivity index (χ1n) is 10.4. The van der Waals surface area contributed by atoms with Crippen LogP contribution in [0.4, 0.5) is 0 Å². The van der Waals surface area contributed by atoms with E-state index in [1.165, 1.54) is 12.0 Å². The molecule has 30 heavy (non-hydrogen) atoms. The van der Waals surface area contributed by atoms with Crippen LogP contribution in [0, 0.1) is 6.92 Å². The highest BCUT2D eigenvalue weighted by Gasteiger charge is 2.33. The fourth-order valence-corrected chi connectivity index (χ4v) is 4.47. The molecular weight excluding hydrogens is 396 g/mol. The molecule has 2 fully saturated rings. The lowest BCUT2D eigenvalue weighted by Gasteiger charge is -2.24. The van der Waals surface area contributed by atoms with Gasteiger partial charge in [-0.2, -0.15) is 5.10 Å². The van der Waals surface area contributed by atoms with Crippen molar-refractivity contribution in [3.05, 3.63) is 71.9 Å². The van der Waals surface area contributed by atoms with Crippen molar-refractivity contribution in [1.29, 1.82) is 0 Å². The number of carbonyl (C=O) groups excluding carboxylic acids is 1. The number of aromatic nitrogens is 2. The Balaban J connectivity index is 0.00000218. The molecule has 1 aromatic heterocycles. The zero-order chi connectivity index (χ0) is 19.8. The molecule has 0 aliphatic carbocycles. The van der Waals surface area contributed by atoms with Crippen molar-refractivity contribution >= 4 is 18.3 Å². The van der Waals surface area contributed by atoms with Crippen LogP contribution in [-0.2, 0) is 0 Å². The van der Waals surface area contributed by atoms with Crippen molar-refractivity contribution in [3.63, 3.8) is 0 Å². The van der Waals surface area contributed by atoms with Gasteiger partial charge in [-0.1, -0.05) is 48.0 Å². The maximum atomic E-state index is 13.6. The number of nitrogens with zero attached hydrogens (tertiary/aromatic N) is 3. The van der Waals surface area contributed by atoms with Crippen LogP contribution in [0.2, 0.25) is 0 Å². The Morgan fingerprint density at radius 1 is 1.00 bits per heavy atom. The van der Waals surface area contributed by atoms with E-state index in [-0.39, 0.29) is 18.3 Å². The van der Waals surface area contributed by atoms with E-state index in [0.29, 0.717) is 17.6 Å². The van der Waals surface area contributed by atoms with Crippen molar-refractivity contribution in [2.24, 2.45) is 0 Å². The van der Waals surface area contributed by atoms with E-state index in [9.17, 15) is 4.79 Å². The van der Waals surface area contributed by atoms with Crippen LogP contribution in [0.3, 0.4) is 0 Å². The van der Waals surface area contributed by atoms with Crippen LogP contribution in [0.5, 0.6) is 0 Å². The molecular formula is C24H27ClN4O. The highest BCUT2D eigenvalue weighted by atomic mass is 35.5. The minimum absolute atomic E-state index is 0. The molecule has 0 spiro atoms. The van der Waals surface area contributed by atoms with Crippen LogP contribution in [0.15, 0.2) is 60.8 Å². The van der Waals surface area contributed by atoms with Crippen LogP contribution < -0.4 is 5.32 Å². The summed E-state index contributed by atoms with van der Waals surface area (Å²) in [5, 5.41) is 8.48. The molecule has 1 amide bonds. The van der Waals surface area contributed by atoms with Gasteiger partial charge in [-0.3, -0.25) is 4.79 Å². The van der Waals surface area contributed by atoms with Gasteiger partial charge in [0.2, 0.25) is 0 Å². The lowest BCUT2D eigenvalue weighted by Crippen LogP contribution is -2.39. The highest BCUT2D eigenvalue weighted by molar-refractivity contribution is 6.00. The first-order chi connectivity index (χ1) is 14.2. The van der Waals surface area contributed by atoms with Gasteiger partial charge in [0.05, 0.1) is 11.3 Å². The number of amides is 1. The molecule has 2 atom stereocenters. The highest BCUT2D eigenvalue weighted by Crippen LogP contribution is 2.27. The molecule has 1 N–H and O–H groups in total. The first kappa shape index (κ1) is 20.6. The van der Waals surface area contributed by atoms with Crippen molar-refractivity contribution in [3.8, 4) is 16.9 Å². The second-order valence-electron chi connectivity index (χ2n) is 8.22. The Morgan fingerprint density at radius 2 is 1.73 bits per heavy atom. The van der Waals surface area contributed by atoms with Gasteiger partial charge >= 0.3 is 0 Å². The lowest BCUT2D eigenvalue weighted by atomic mass is 10.1. The van der Waals surface area contributed by atoms with Crippen LogP contribution in [0.25, 0.3) is 16.9 Å². The fourth-order valence-electron chi connectivity index (χ4n) is 4.47. The van der Waals surface area contributed by atoms with E-state index in [1.807, 2.05) is 58.2 Å². The summed E-state index contributed by atoms with van der Waals surface area (Å²) in [5.74, 6) is 0.0802. The molecule has 3 heterocycles. The van der Waals surface area contributed by atoms with E-state index in [2.05, 4.69) is 24.4 Å². The fraction of sp³-hybridized carbons (Fsp3) is 0.333. The minimum atomic E-state index is 0. The first-order valence-corrected chi connectivity index (χ1v) is 10.4. The van der Waals surface area contributed by atoms with Crippen LogP contribution in [0.1, 0.15) is 35.2 Å². The molecule has 0 saturated carbocycles. The summed E-state index contributed by atoms with van der Waals surface area (Å²) < 4.78 is 1.83. The third kappa shape index (κ3) is 4.00. The van der Waals surface area contributed by atoms with Gasteiger partial charge in [-0.25, -0.2) is 4.68 Å². The number of benzene rings is 2. The summed E-state index contributed by atoms with van der Waals surface area (Å²) >= 11 is 0. The van der Waals surface area contributed by atoms with Gasteiger partial charge in [0, 0.05) is 36.9 Å². The van der Waals surface area contributed by atoms with Gasteiger partial charge in [-0.15, -0.1) is 12.4 Å². The summed E-state index contributed by atoms with van der Waals surface area (Å²) in [6, 6.07) is 19.2. The van der Waals surface area contributed by atoms with Crippen molar-refractivity contribution in [1.82, 2.24) is 20.0 Å². The molecule has 2 aliphatic rings. The molecule has 2 bridgehead atoms. The van der Waals surface area contributed by atoms with Crippen molar-refractivity contribution in [2.45, 2.75) is 38.3 Å². The molecule has 2 unspecified atom stereocenters. The van der Waals surface area contributed by atoms with Crippen LogP contribution >= 0.6 is 12.4 Å². The summed E-state index contributed by atoms with van der Waals surface area (Å²) in [5.41, 5.74) is 4.56. The number of hydrogen-bond acceptors (Lipinski definition) is 3. The molecule has 5 rings (SSSR count). The Labute approximate surface area is 183 Å². The number of likely N-dealkylation sites (tertiary alicyclic amines) is 1. The maximum Gasteiger partial charge on any atom is 0.257 e. The number of nitrogens with one attached hydrogen (secondary N) is 1. The third-order valence-corrected chi connectivity index (χ3v) is 6.10. The molecule has 3 aromatic rings. The minimum Gasteiger partial charge on any atom is -0.337 e. The SMILES string of the molecule is Cc1ccc(-n2cc(C(=O)N3CCC4CCC(C3)N4)c(-c3ccccc3)n2)cc1.Cl. The Morgan fingerprint density at radius 3 is 2.50 bits per heavy atom. The molecule has 2 saturated heterocycles. The third-order valence-electron chi connectivity index (χ3n) is 6.10. The molecule has 0 radical (unpaired) electrons. The quantitative estimate of drug-likeness (QED) is 0.687. The largest absolute Gasteiger partial charge is 0.337 e. The number of rotatable bonds is 3. The lowest BCUT2D eigenvalue weighted by molar-refractivity contribution is 0.0749. The Bertz CT molecular complexity index is 1020. The molecule has 156 valence electrons. The number of hydrogen-bond donors (Lipinski definition) is 1. The topological polar surface area (TPSA) is 50.2 Å². The van der Waals surface area contributed by atoms with Crippen molar-refractivity contribution in [2.75, 3.05) is 13.1 Å². The van der Waals surface area contributed by atoms with Gasteiger partial charge < -0.3 is 10.2 Å². The number of aryl methyl sites for hydroxylation is 1. The summed E-state index contributed by atoms with van der Waals surface area (Å²) in [4.78, 5) is 15.6. The summed E-state index contributed by atoms with van der Waals surface area (Å²) in [6.45, 7) is 3.65. The molecule has 2 aliphatic heterocycles. The zero-order valence-corrected chi connectivity index (χ0v) is 17.9. The van der Waals surface area contributed by atoms with Gasteiger partial charge in [0.25, 0.3) is 5.91 Å². The van der Waals surface area contributed by atoms with E-state index < -0.39 is 0 Å². The van der Waals surface area contributed by atoms with E-state index >= 15 is 0 Å². The van der Waals surface area contributed by atoms with E-state index in [1.54, 1.807) is 0 Å². The van der Waals surface area contributed by atoms with Crippen molar-refractivity contribution < 1.29 is 4.79 Å². The Hall–Kier alpha value is -2.63. The molecule has 2 aromatic carbocycles. The average Bonchev–Trinajstić information content (AvgIpc) is 3.32. The van der Waals surface area contributed by atoms with Gasteiger partial charge in [-0.05, 0) is 38.3 Å². The normalized spacial score (nSPS) is 20.5. The number of halogens is 1. The van der Waals surface area contributed by atoms with E-state index in [4.69, 9.17) is 5.10 Å². The van der Waals surface area contributed by atoms with Crippen LogP contribution in [-0.4, -0.2) is 45.8 Å². The second-order valence-corrected chi connectivity index (χ2v) is 8.22. The maximum absolute atomic E-state index is 13.6. The second kappa shape index (κ2) is 8.62. The average molecular weight is 423 g/mol. The van der Waals surface area contributed by atoms with Gasteiger partial charge in [0.15, 0.2) is 0 Å². The number of carbonyl (C=O) groups is 1. The molecule has 6 heteroatoms. The Kier molecular flexibility index (Phi) is 5.93. The molecule has 5 nitrogen and oxygen atoms in total. The predicted molar refractivity (Wildman–Crippen MR) is 121 cm³/mol. The zero-order valence-electron chi connectivity index (χ0n) is 17.1.